The van der Waals surface area contributed by atoms with Gasteiger partial charge in [0.1, 0.15) is 0 Å². The van der Waals surface area contributed by atoms with E-state index in [0.29, 0.717) is 0 Å². The lowest BCUT2D eigenvalue weighted by atomic mass is 9.68. The molecule has 4 rings (SSSR count). The lowest BCUT2D eigenvalue weighted by Crippen LogP contribution is -2.59. The third-order valence-corrected chi connectivity index (χ3v) is 7.00. The molecule has 0 amide bonds. The highest BCUT2D eigenvalue weighted by molar-refractivity contribution is 5.66. The van der Waals surface area contributed by atoms with E-state index >= 15 is 0 Å². The van der Waals surface area contributed by atoms with Crippen molar-refractivity contribution in [2.24, 2.45) is 0 Å². The van der Waals surface area contributed by atoms with E-state index in [1.807, 2.05) is 13.0 Å². The van der Waals surface area contributed by atoms with E-state index < -0.39 is 5.92 Å². The number of nitrogens with one attached hydrogen (secondary N) is 1. The fourth-order valence-electron chi connectivity index (χ4n) is 5.19. The Bertz CT molecular complexity index is 891. The van der Waals surface area contributed by atoms with Crippen LogP contribution in [0.5, 0.6) is 0 Å². The summed E-state index contributed by atoms with van der Waals surface area (Å²) in [6.45, 7) is 9.45. The number of benzene rings is 2. The van der Waals surface area contributed by atoms with E-state index in [1.54, 1.807) is 12.1 Å². The summed E-state index contributed by atoms with van der Waals surface area (Å²) in [6, 6.07) is 15.6. The van der Waals surface area contributed by atoms with Crippen LogP contribution >= 0.6 is 0 Å². The molecular weight excluding hydrogens is 378 g/mol. The summed E-state index contributed by atoms with van der Waals surface area (Å²) in [5, 5.41) is 3.74. The average Bonchev–Trinajstić information content (AvgIpc) is 3.21. The molecule has 1 N–H and O–H groups in total. The first kappa shape index (κ1) is 21.0. The Kier molecular flexibility index (Phi) is 5.71. The Balaban J connectivity index is 1.65. The zero-order valence-electron chi connectivity index (χ0n) is 18.1. The number of alkyl halides is 2. The van der Waals surface area contributed by atoms with Gasteiger partial charge in [0.15, 0.2) is 0 Å². The molecule has 2 aromatic carbocycles. The van der Waals surface area contributed by atoms with Gasteiger partial charge in [-0.1, -0.05) is 49.0 Å². The molecule has 1 saturated heterocycles. The molecule has 160 valence electrons. The van der Waals surface area contributed by atoms with E-state index in [4.69, 9.17) is 0 Å². The summed E-state index contributed by atoms with van der Waals surface area (Å²) in [6.07, 6.45) is 6.11. The van der Waals surface area contributed by atoms with Gasteiger partial charge >= 0.3 is 0 Å². The summed E-state index contributed by atoms with van der Waals surface area (Å²) in [5.74, 6) is -2.84. The van der Waals surface area contributed by atoms with Crippen molar-refractivity contribution in [1.29, 1.82) is 0 Å². The number of rotatable bonds is 7. The predicted octanol–water partition coefficient (Wildman–Crippen LogP) is 6.43. The van der Waals surface area contributed by atoms with Gasteiger partial charge in [0, 0.05) is 23.7 Å². The number of aryl methyl sites for hydroxylation is 1. The standard InChI is InChI=1S/C26H32F2N2/c1-19-18-22(25(3,27)28)12-13-23(19)20(2)29-24(21-10-5-4-6-11-21)26(14-9-15-26)30-16-7-8-17-30/h4-6,10-13,18,24,29H,2,7-9,14-17H2,1,3H3. The number of hydrogen-bond acceptors (Lipinski definition) is 2. The van der Waals surface area contributed by atoms with Gasteiger partial charge in [-0.05, 0) is 74.9 Å². The zero-order valence-corrected chi connectivity index (χ0v) is 18.1. The molecule has 0 aromatic heterocycles. The fourth-order valence-corrected chi connectivity index (χ4v) is 5.19. The highest BCUT2D eigenvalue weighted by Gasteiger charge is 2.49. The topological polar surface area (TPSA) is 15.3 Å². The van der Waals surface area contributed by atoms with Crippen LogP contribution in [0.2, 0.25) is 0 Å². The number of likely N-dealkylation sites (tertiary alicyclic amines) is 1. The third-order valence-electron chi connectivity index (χ3n) is 7.00. The van der Waals surface area contributed by atoms with Crippen LogP contribution in [-0.2, 0) is 5.92 Å². The molecule has 1 unspecified atom stereocenters. The number of hydrogen-bond donors (Lipinski definition) is 1. The first-order chi connectivity index (χ1) is 14.3. The van der Waals surface area contributed by atoms with Crippen molar-refractivity contribution < 1.29 is 8.78 Å². The van der Waals surface area contributed by atoms with Crippen molar-refractivity contribution in [2.45, 2.75) is 63.5 Å². The van der Waals surface area contributed by atoms with Crippen molar-refractivity contribution >= 4 is 5.70 Å². The highest BCUT2D eigenvalue weighted by Crippen LogP contribution is 2.49. The molecule has 2 aliphatic rings. The van der Waals surface area contributed by atoms with Crippen molar-refractivity contribution in [1.82, 2.24) is 10.2 Å². The van der Waals surface area contributed by atoms with Gasteiger partial charge < -0.3 is 5.32 Å². The second kappa shape index (κ2) is 8.14. The zero-order chi connectivity index (χ0) is 21.4. The van der Waals surface area contributed by atoms with E-state index in [-0.39, 0.29) is 17.1 Å². The minimum atomic E-state index is -2.84. The monoisotopic (exact) mass is 410 g/mol. The van der Waals surface area contributed by atoms with Crippen LogP contribution in [0.1, 0.15) is 67.3 Å². The Morgan fingerprint density at radius 2 is 1.73 bits per heavy atom. The third kappa shape index (κ3) is 3.90. The molecule has 0 bridgehead atoms. The molecule has 0 radical (unpaired) electrons. The molecule has 4 heteroatoms. The van der Waals surface area contributed by atoms with Gasteiger partial charge in [-0.2, -0.15) is 0 Å². The van der Waals surface area contributed by atoms with Crippen LogP contribution in [0.3, 0.4) is 0 Å². The van der Waals surface area contributed by atoms with Crippen LogP contribution < -0.4 is 5.32 Å². The Hall–Kier alpha value is -2.20. The van der Waals surface area contributed by atoms with Crippen LogP contribution in [0.4, 0.5) is 8.78 Å². The minimum Gasteiger partial charge on any atom is -0.376 e. The summed E-state index contributed by atoms with van der Waals surface area (Å²) in [4.78, 5) is 2.67. The van der Waals surface area contributed by atoms with Gasteiger partial charge in [-0.15, -0.1) is 0 Å². The Morgan fingerprint density at radius 1 is 1.07 bits per heavy atom. The van der Waals surface area contributed by atoms with E-state index in [2.05, 4.69) is 41.1 Å². The molecule has 1 atom stereocenters. The average molecular weight is 411 g/mol. The van der Waals surface area contributed by atoms with E-state index in [0.717, 1.165) is 36.8 Å². The lowest BCUT2D eigenvalue weighted by Gasteiger charge is -2.54. The first-order valence-electron chi connectivity index (χ1n) is 11.1. The molecule has 0 spiro atoms. The van der Waals surface area contributed by atoms with Crippen LogP contribution in [0.25, 0.3) is 5.70 Å². The molecule has 2 nitrogen and oxygen atoms in total. The Labute approximate surface area is 179 Å². The quantitative estimate of drug-likeness (QED) is 0.566. The minimum absolute atomic E-state index is 0.0451. The fraction of sp³-hybridized carbons (Fsp3) is 0.462. The SMILES string of the molecule is C=C(NC(c1ccccc1)C1(N2CCCC2)CCC1)c1ccc(C(C)(F)F)cc1C. The van der Waals surface area contributed by atoms with Crippen LogP contribution in [-0.4, -0.2) is 23.5 Å². The van der Waals surface area contributed by atoms with Crippen molar-refractivity contribution in [3.63, 3.8) is 0 Å². The molecule has 30 heavy (non-hydrogen) atoms. The molecule has 2 fully saturated rings. The molecule has 1 aliphatic carbocycles. The predicted molar refractivity (Wildman–Crippen MR) is 119 cm³/mol. The number of nitrogens with zero attached hydrogens (tertiary/aromatic N) is 1. The molecule has 1 heterocycles. The van der Waals surface area contributed by atoms with Gasteiger partial charge in [0.05, 0.1) is 6.04 Å². The maximum atomic E-state index is 13.7. The summed E-state index contributed by atoms with van der Waals surface area (Å²) < 4.78 is 27.5. The maximum Gasteiger partial charge on any atom is 0.270 e. The summed E-state index contributed by atoms with van der Waals surface area (Å²) in [7, 11) is 0. The van der Waals surface area contributed by atoms with Gasteiger partial charge in [-0.3, -0.25) is 4.90 Å². The first-order valence-corrected chi connectivity index (χ1v) is 11.1. The normalized spacial score (nSPS) is 19.9. The van der Waals surface area contributed by atoms with Crippen molar-refractivity contribution in [3.8, 4) is 0 Å². The molecule has 1 saturated carbocycles. The van der Waals surface area contributed by atoms with Crippen LogP contribution in [0, 0.1) is 6.92 Å². The Morgan fingerprint density at radius 3 is 2.27 bits per heavy atom. The second-order valence-corrected chi connectivity index (χ2v) is 9.04. The number of halogens is 2. The van der Waals surface area contributed by atoms with Crippen molar-refractivity contribution in [2.75, 3.05) is 13.1 Å². The molecular formula is C26H32F2N2. The van der Waals surface area contributed by atoms with Crippen LogP contribution in [0.15, 0.2) is 55.1 Å². The maximum absolute atomic E-state index is 13.7. The largest absolute Gasteiger partial charge is 0.376 e. The molecule has 2 aromatic rings. The lowest BCUT2D eigenvalue weighted by molar-refractivity contribution is 0.00376. The second-order valence-electron chi connectivity index (χ2n) is 9.04. The highest BCUT2D eigenvalue weighted by atomic mass is 19.3. The summed E-state index contributed by atoms with van der Waals surface area (Å²) in [5.41, 5.74) is 3.94. The van der Waals surface area contributed by atoms with E-state index in [9.17, 15) is 8.78 Å². The summed E-state index contributed by atoms with van der Waals surface area (Å²) >= 11 is 0. The van der Waals surface area contributed by atoms with Gasteiger partial charge in [0.25, 0.3) is 5.92 Å². The van der Waals surface area contributed by atoms with Crippen molar-refractivity contribution in [3.05, 3.63) is 77.4 Å². The van der Waals surface area contributed by atoms with E-state index in [1.165, 1.54) is 43.7 Å². The van der Waals surface area contributed by atoms with Gasteiger partial charge in [-0.25, -0.2) is 8.78 Å². The molecule has 1 aliphatic heterocycles. The van der Waals surface area contributed by atoms with Gasteiger partial charge in [0.2, 0.25) is 0 Å². The smallest absolute Gasteiger partial charge is 0.270 e.